The highest BCUT2D eigenvalue weighted by molar-refractivity contribution is 5.63. The van der Waals surface area contributed by atoms with Gasteiger partial charge in [-0.25, -0.2) is 0 Å². The number of aldehydes is 1. The topological polar surface area (TPSA) is 29.5 Å². The van der Waals surface area contributed by atoms with Gasteiger partial charge in [0.2, 0.25) is 0 Å². The van der Waals surface area contributed by atoms with Crippen LogP contribution in [0.2, 0.25) is 0 Å². The zero-order valence-corrected chi connectivity index (χ0v) is 9.45. The van der Waals surface area contributed by atoms with E-state index in [2.05, 4.69) is 18.7 Å². The van der Waals surface area contributed by atoms with E-state index in [0.717, 1.165) is 39.0 Å². The molecule has 0 aromatic rings. The van der Waals surface area contributed by atoms with Gasteiger partial charge >= 0.3 is 0 Å². The molecular formula is C11H21NO2. The van der Waals surface area contributed by atoms with Crippen molar-refractivity contribution in [2.75, 3.05) is 26.3 Å². The van der Waals surface area contributed by atoms with Crippen LogP contribution in [0.1, 0.15) is 27.2 Å². The van der Waals surface area contributed by atoms with Gasteiger partial charge in [0.25, 0.3) is 0 Å². The second-order valence-electron chi connectivity index (χ2n) is 4.67. The van der Waals surface area contributed by atoms with Crippen LogP contribution in [0.15, 0.2) is 0 Å². The van der Waals surface area contributed by atoms with Crippen molar-refractivity contribution >= 4 is 6.29 Å². The summed E-state index contributed by atoms with van der Waals surface area (Å²) < 4.78 is 5.29. The average Bonchev–Trinajstić information content (AvgIpc) is 2.18. The third kappa shape index (κ3) is 2.79. The molecule has 1 atom stereocenters. The van der Waals surface area contributed by atoms with Crippen LogP contribution in [-0.2, 0) is 9.53 Å². The molecule has 1 heterocycles. The molecule has 1 unspecified atom stereocenters. The Labute approximate surface area is 86.4 Å². The predicted octanol–water partition coefficient (Wildman–Crippen LogP) is 1.32. The average molecular weight is 199 g/mol. The maximum atomic E-state index is 11.2. The molecule has 0 bridgehead atoms. The minimum Gasteiger partial charge on any atom is -0.379 e. The highest BCUT2D eigenvalue weighted by Gasteiger charge is 2.33. The molecule has 0 aromatic heterocycles. The van der Waals surface area contributed by atoms with Gasteiger partial charge in [-0.2, -0.15) is 0 Å². The maximum Gasteiger partial charge on any atom is 0.139 e. The molecule has 0 aromatic carbocycles. The van der Waals surface area contributed by atoms with E-state index >= 15 is 0 Å². The Kier molecular flexibility index (Phi) is 4.08. The van der Waals surface area contributed by atoms with Crippen LogP contribution in [0.5, 0.6) is 0 Å². The fourth-order valence-electron chi connectivity index (χ4n) is 2.15. The number of hydrogen-bond acceptors (Lipinski definition) is 3. The van der Waals surface area contributed by atoms with Crippen molar-refractivity contribution in [1.29, 1.82) is 0 Å². The highest BCUT2D eigenvalue weighted by atomic mass is 16.5. The molecule has 1 fully saturated rings. The minimum atomic E-state index is -0.294. The molecule has 0 amide bonds. The second kappa shape index (κ2) is 4.89. The zero-order chi connectivity index (χ0) is 10.6. The van der Waals surface area contributed by atoms with Crippen LogP contribution >= 0.6 is 0 Å². The molecule has 0 N–H and O–H groups in total. The predicted molar refractivity (Wildman–Crippen MR) is 56.3 cm³/mol. The number of ether oxygens (including phenoxy) is 1. The Bertz CT molecular complexity index is 188. The van der Waals surface area contributed by atoms with E-state index < -0.39 is 0 Å². The molecule has 3 nitrogen and oxygen atoms in total. The van der Waals surface area contributed by atoms with Gasteiger partial charge in [-0.1, -0.05) is 13.8 Å². The van der Waals surface area contributed by atoms with Crippen molar-refractivity contribution in [2.45, 2.75) is 32.7 Å². The highest BCUT2D eigenvalue weighted by Crippen LogP contribution is 2.22. The summed E-state index contributed by atoms with van der Waals surface area (Å²) in [6, 6.07) is 0. The summed E-state index contributed by atoms with van der Waals surface area (Å²) in [5.41, 5.74) is -0.294. The summed E-state index contributed by atoms with van der Waals surface area (Å²) in [7, 11) is 0. The first kappa shape index (κ1) is 11.7. The summed E-state index contributed by atoms with van der Waals surface area (Å²) in [5, 5.41) is 0. The van der Waals surface area contributed by atoms with Gasteiger partial charge < -0.3 is 9.53 Å². The first-order valence-electron chi connectivity index (χ1n) is 5.37. The smallest absolute Gasteiger partial charge is 0.139 e. The number of carbonyl (C=O) groups excluding carboxylic acids is 1. The quantitative estimate of drug-likeness (QED) is 0.640. The summed E-state index contributed by atoms with van der Waals surface area (Å²) in [6.45, 7) is 9.60. The van der Waals surface area contributed by atoms with Gasteiger partial charge in [0.15, 0.2) is 0 Å². The molecule has 1 saturated heterocycles. The Morgan fingerprint density at radius 3 is 2.43 bits per heavy atom. The third-order valence-electron chi connectivity index (χ3n) is 2.81. The molecule has 1 aliphatic rings. The molecule has 1 rings (SSSR count). The number of morpholine rings is 1. The van der Waals surface area contributed by atoms with Crippen LogP contribution in [0.4, 0.5) is 0 Å². The first-order valence-corrected chi connectivity index (χ1v) is 5.37. The lowest BCUT2D eigenvalue weighted by Gasteiger charge is -2.40. The van der Waals surface area contributed by atoms with E-state index in [1.165, 1.54) is 0 Å². The molecule has 1 aliphatic heterocycles. The van der Waals surface area contributed by atoms with Gasteiger partial charge in [0, 0.05) is 13.1 Å². The summed E-state index contributed by atoms with van der Waals surface area (Å²) in [6.07, 6.45) is 2.02. The molecular weight excluding hydrogens is 178 g/mol. The Morgan fingerprint density at radius 1 is 1.43 bits per heavy atom. The Morgan fingerprint density at radius 2 is 2.00 bits per heavy atom. The normalized spacial score (nSPS) is 23.4. The Hall–Kier alpha value is -0.410. The van der Waals surface area contributed by atoms with Gasteiger partial charge in [-0.15, -0.1) is 0 Å². The lowest BCUT2D eigenvalue weighted by atomic mass is 9.90. The van der Waals surface area contributed by atoms with Crippen LogP contribution in [0, 0.1) is 5.92 Å². The molecule has 0 aliphatic carbocycles. The molecule has 3 heteroatoms. The Balaban J connectivity index is 2.61. The van der Waals surface area contributed by atoms with E-state index in [-0.39, 0.29) is 5.54 Å². The lowest BCUT2D eigenvalue weighted by Crippen LogP contribution is -2.53. The van der Waals surface area contributed by atoms with Gasteiger partial charge in [-0.3, -0.25) is 4.90 Å². The first-order chi connectivity index (χ1) is 6.58. The van der Waals surface area contributed by atoms with E-state index in [0.29, 0.717) is 5.92 Å². The third-order valence-corrected chi connectivity index (χ3v) is 2.81. The minimum absolute atomic E-state index is 0.294. The van der Waals surface area contributed by atoms with Crippen molar-refractivity contribution in [2.24, 2.45) is 5.92 Å². The lowest BCUT2D eigenvalue weighted by molar-refractivity contribution is -0.122. The van der Waals surface area contributed by atoms with E-state index in [1.807, 2.05) is 6.92 Å². The zero-order valence-electron chi connectivity index (χ0n) is 9.45. The van der Waals surface area contributed by atoms with E-state index in [1.54, 1.807) is 0 Å². The second-order valence-corrected chi connectivity index (χ2v) is 4.67. The SMILES string of the molecule is CC(C)CC(C)(C=O)N1CCOCC1. The van der Waals surface area contributed by atoms with Crippen molar-refractivity contribution < 1.29 is 9.53 Å². The van der Waals surface area contributed by atoms with Gasteiger partial charge in [0.05, 0.1) is 18.8 Å². The molecule has 0 saturated carbocycles. The molecule has 0 spiro atoms. The van der Waals surface area contributed by atoms with Crippen LogP contribution in [0.3, 0.4) is 0 Å². The monoisotopic (exact) mass is 199 g/mol. The van der Waals surface area contributed by atoms with Gasteiger partial charge in [-0.05, 0) is 19.3 Å². The fourth-order valence-corrected chi connectivity index (χ4v) is 2.15. The van der Waals surface area contributed by atoms with Crippen molar-refractivity contribution in [3.8, 4) is 0 Å². The number of rotatable bonds is 4. The fraction of sp³-hybridized carbons (Fsp3) is 0.909. The van der Waals surface area contributed by atoms with Crippen molar-refractivity contribution in [3.05, 3.63) is 0 Å². The van der Waals surface area contributed by atoms with Gasteiger partial charge in [0.1, 0.15) is 6.29 Å². The standard InChI is InChI=1S/C11H21NO2/c1-10(2)8-11(3,9-13)12-4-6-14-7-5-12/h9-10H,4-8H2,1-3H3. The van der Waals surface area contributed by atoms with Crippen LogP contribution in [0.25, 0.3) is 0 Å². The molecule has 82 valence electrons. The summed E-state index contributed by atoms with van der Waals surface area (Å²) in [5.74, 6) is 0.549. The number of nitrogens with zero attached hydrogens (tertiary/aromatic N) is 1. The maximum absolute atomic E-state index is 11.2. The molecule has 14 heavy (non-hydrogen) atoms. The van der Waals surface area contributed by atoms with Crippen molar-refractivity contribution in [3.63, 3.8) is 0 Å². The molecule has 0 radical (unpaired) electrons. The van der Waals surface area contributed by atoms with E-state index in [4.69, 9.17) is 4.74 Å². The van der Waals surface area contributed by atoms with E-state index in [9.17, 15) is 4.79 Å². The number of carbonyl (C=O) groups is 1. The van der Waals surface area contributed by atoms with Crippen LogP contribution in [-0.4, -0.2) is 43.0 Å². The van der Waals surface area contributed by atoms with Crippen molar-refractivity contribution in [1.82, 2.24) is 4.90 Å². The van der Waals surface area contributed by atoms with Crippen LogP contribution < -0.4 is 0 Å². The largest absolute Gasteiger partial charge is 0.379 e. The number of hydrogen-bond donors (Lipinski definition) is 0. The summed E-state index contributed by atoms with van der Waals surface area (Å²) >= 11 is 0. The summed E-state index contributed by atoms with van der Waals surface area (Å²) in [4.78, 5) is 13.4.